The van der Waals surface area contributed by atoms with Crippen molar-refractivity contribution in [3.63, 3.8) is 0 Å². The van der Waals surface area contributed by atoms with Crippen LogP contribution in [-0.4, -0.2) is 29.3 Å². The molecule has 0 saturated carbocycles. The van der Waals surface area contributed by atoms with E-state index in [2.05, 4.69) is 24.4 Å². The van der Waals surface area contributed by atoms with E-state index in [1.54, 1.807) is 17.0 Å². The lowest BCUT2D eigenvalue weighted by molar-refractivity contribution is -0.126. The average molecular weight is 402 g/mol. The number of nitrogens with zero attached hydrogens (tertiary/aromatic N) is 1. The second-order valence-corrected chi connectivity index (χ2v) is 7.66. The van der Waals surface area contributed by atoms with Crippen LogP contribution in [0.15, 0.2) is 77.4 Å². The molecule has 0 bridgehead atoms. The summed E-state index contributed by atoms with van der Waals surface area (Å²) in [5.74, 6) is 0.103. The summed E-state index contributed by atoms with van der Waals surface area (Å²) in [7, 11) is 0. The van der Waals surface area contributed by atoms with Crippen LogP contribution in [0.3, 0.4) is 0 Å². The molecule has 5 heteroatoms. The molecule has 0 saturated heterocycles. The van der Waals surface area contributed by atoms with E-state index < -0.39 is 6.04 Å². The van der Waals surface area contributed by atoms with Crippen LogP contribution in [0, 0.1) is 0 Å². The van der Waals surface area contributed by atoms with Gasteiger partial charge in [0.05, 0.1) is 6.26 Å². The first-order chi connectivity index (χ1) is 14.7. The van der Waals surface area contributed by atoms with Gasteiger partial charge in [0.15, 0.2) is 5.76 Å². The molecule has 1 aliphatic heterocycles. The Morgan fingerprint density at radius 3 is 2.47 bits per heavy atom. The molecule has 1 aliphatic rings. The quantitative estimate of drug-likeness (QED) is 0.674. The Balaban J connectivity index is 1.53. The molecule has 2 heterocycles. The van der Waals surface area contributed by atoms with Crippen LogP contribution in [0.25, 0.3) is 0 Å². The highest BCUT2D eigenvalue weighted by Crippen LogP contribution is 2.26. The van der Waals surface area contributed by atoms with Crippen molar-refractivity contribution in [2.24, 2.45) is 0 Å². The number of nitrogens with one attached hydrogen (secondary N) is 1. The third-order valence-electron chi connectivity index (χ3n) is 5.83. The smallest absolute Gasteiger partial charge is 0.290 e. The molecule has 0 radical (unpaired) electrons. The molecule has 2 unspecified atom stereocenters. The molecule has 0 spiro atoms. The first-order valence-corrected chi connectivity index (χ1v) is 10.4. The maximum atomic E-state index is 13.2. The zero-order valence-electron chi connectivity index (χ0n) is 17.1. The SMILES string of the molecule is CCC(CNC(=O)C1Cc2ccccc2CN1C(=O)c1ccco1)c1ccccc1. The Labute approximate surface area is 176 Å². The summed E-state index contributed by atoms with van der Waals surface area (Å²) in [4.78, 5) is 27.9. The number of carbonyl (C=O) groups is 2. The lowest BCUT2D eigenvalue weighted by atomic mass is 9.92. The Hall–Kier alpha value is -3.34. The number of hydrogen-bond donors (Lipinski definition) is 1. The van der Waals surface area contributed by atoms with Gasteiger partial charge in [-0.3, -0.25) is 9.59 Å². The van der Waals surface area contributed by atoms with Crippen molar-refractivity contribution >= 4 is 11.8 Å². The van der Waals surface area contributed by atoms with E-state index in [1.165, 1.54) is 11.8 Å². The molecular formula is C25H26N2O3. The van der Waals surface area contributed by atoms with Crippen molar-refractivity contribution in [1.82, 2.24) is 10.2 Å². The van der Waals surface area contributed by atoms with Gasteiger partial charge >= 0.3 is 0 Å². The second-order valence-electron chi connectivity index (χ2n) is 7.66. The summed E-state index contributed by atoms with van der Waals surface area (Å²) in [5.41, 5.74) is 3.38. The van der Waals surface area contributed by atoms with Crippen molar-refractivity contribution in [3.05, 3.63) is 95.4 Å². The Morgan fingerprint density at radius 1 is 1.03 bits per heavy atom. The minimum absolute atomic E-state index is 0.126. The number of fused-ring (bicyclic) bond motifs is 1. The number of amides is 2. The van der Waals surface area contributed by atoms with Crippen LogP contribution in [-0.2, 0) is 17.8 Å². The summed E-state index contributed by atoms with van der Waals surface area (Å²) >= 11 is 0. The largest absolute Gasteiger partial charge is 0.459 e. The standard InChI is InChI=1S/C25H26N2O3/c1-2-18(19-9-4-3-5-10-19)16-26-24(28)22-15-20-11-6-7-12-21(20)17-27(22)25(29)23-13-8-14-30-23/h3-14,18,22H,2,15-17H2,1H3,(H,26,28). The molecule has 0 aliphatic carbocycles. The van der Waals surface area contributed by atoms with E-state index in [4.69, 9.17) is 4.42 Å². The van der Waals surface area contributed by atoms with Crippen LogP contribution < -0.4 is 5.32 Å². The molecule has 1 aromatic heterocycles. The third kappa shape index (κ3) is 4.15. The molecule has 0 fully saturated rings. The summed E-state index contributed by atoms with van der Waals surface area (Å²) in [6, 6.07) is 20.9. The first kappa shape index (κ1) is 20.0. The van der Waals surface area contributed by atoms with Gasteiger partial charge in [-0.1, -0.05) is 61.5 Å². The summed E-state index contributed by atoms with van der Waals surface area (Å²) in [6.45, 7) is 3.05. The van der Waals surface area contributed by atoms with Crippen LogP contribution in [0.2, 0.25) is 0 Å². The molecule has 2 amide bonds. The van der Waals surface area contributed by atoms with Gasteiger partial charge < -0.3 is 14.6 Å². The lowest BCUT2D eigenvalue weighted by Gasteiger charge is -2.35. The number of hydrogen-bond acceptors (Lipinski definition) is 3. The van der Waals surface area contributed by atoms with Crippen molar-refractivity contribution in [2.45, 2.75) is 38.3 Å². The highest BCUT2D eigenvalue weighted by atomic mass is 16.3. The van der Waals surface area contributed by atoms with Gasteiger partial charge in [0.2, 0.25) is 5.91 Å². The van der Waals surface area contributed by atoms with Gasteiger partial charge in [-0.2, -0.15) is 0 Å². The Morgan fingerprint density at radius 2 is 1.77 bits per heavy atom. The minimum Gasteiger partial charge on any atom is -0.459 e. The zero-order chi connectivity index (χ0) is 20.9. The molecular weight excluding hydrogens is 376 g/mol. The first-order valence-electron chi connectivity index (χ1n) is 10.4. The van der Waals surface area contributed by atoms with E-state index in [9.17, 15) is 9.59 Å². The average Bonchev–Trinajstić information content (AvgIpc) is 3.34. The second kappa shape index (κ2) is 8.99. The third-order valence-corrected chi connectivity index (χ3v) is 5.83. The van der Waals surface area contributed by atoms with Crippen molar-refractivity contribution in [2.75, 3.05) is 6.54 Å². The number of rotatable bonds is 6. The topological polar surface area (TPSA) is 62.6 Å². The highest BCUT2D eigenvalue weighted by Gasteiger charge is 2.36. The minimum atomic E-state index is -0.564. The Kier molecular flexibility index (Phi) is 5.98. The summed E-state index contributed by atoms with van der Waals surface area (Å²) < 4.78 is 5.32. The number of carbonyl (C=O) groups excluding carboxylic acids is 2. The number of benzene rings is 2. The lowest BCUT2D eigenvalue weighted by Crippen LogP contribution is -2.53. The van der Waals surface area contributed by atoms with E-state index in [1.807, 2.05) is 42.5 Å². The molecule has 2 aromatic carbocycles. The van der Waals surface area contributed by atoms with Crippen molar-refractivity contribution in [1.29, 1.82) is 0 Å². The molecule has 1 N–H and O–H groups in total. The highest BCUT2D eigenvalue weighted by molar-refractivity contribution is 5.96. The fourth-order valence-electron chi connectivity index (χ4n) is 4.08. The fourth-order valence-corrected chi connectivity index (χ4v) is 4.08. The van der Waals surface area contributed by atoms with E-state index in [0.717, 1.165) is 17.5 Å². The molecule has 154 valence electrons. The summed E-state index contributed by atoms with van der Waals surface area (Å²) in [6.07, 6.45) is 2.90. The maximum absolute atomic E-state index is 13.2. The van der Waals surface area contributed by atoms with Gasteiger partial charge in [0, 0.05) is 25.4 Å². The van der Waals surface area contributed by atoms with Crippen molar-refractivity contribution in [3.8, 4) is 0 Å². The van der Waals surface area contributed by atoms with Crippen LogP contribution in [0.4, 0.5) is 0 Å². The predicted molar refractivity (Wildman–Crippen MR) is 115 cm³/mol. The van der Waals surface area contributed by atoms with E-state index in [0.29, 0.717) is 19.5 Å². The van der Waals surface area contributed by atoms with Gasteiger partial charge in [0.25, 0.3) is 5.91 Å². The molecule has 5 nitrogen and oxygen atoms in total. The van der Waals surface area contributed by atoms with Crippen LogP contribution >= 0.6 is 0 Å². The molecule has 30 heavy (non-hydrogen) atoms. The Bertz CT molecular complexity index is 998. The van der Waals surface area contributed by atoms with E-state index in [-0.39, 0.29) is 23.5 Å². The molecule has 4 rings (SSSR count). The number of furan rings is 1. The van der Waals surface area contributed by atoms with Gasteiger partial charge in [0.1, 0.15) is 6.04 Å². The molecule has 2 atom stereocenters. The summed E-state index contributed by atoms with van der Waals surface area (Å²) in [5, 5.41) is 3.10. The molecule has 3 aromatic rings. The van der Waals surface area contributed by atoms with Gasteiger partial charge in [-0.25, -0.2) is 0 Å². The van der Waals surface area contributed by atoms with Gasteiger partial charge in [-0.15, -0.1) is 0 Å². The van der Waals surface area contributed by atoms with Crippen LogP contribution in [0.5, 0.6) is 0 Å². The van der Waals surface area contributed by atoms with Gasteiger partial charge in [-0.05, 0) is 35.2 Å². The normalized spacial score (nSPS) is 16.6. The fraction of sp³-hybridized carbons (Fsp3) is 0.280. The van der Waals surface area contributed by atoms with Crippen LogP contribution in [0.1, 0.15) is 46.5 Å². The monoisotopic (exact) mass is 402 g/mol. The van der Waals surface area contributed by atoms with E-state index >= 15 is 0 Å². The van der Waals surface area contributed by atoms with Crippen molar-refractivity contribution < 1.29 is 14.0 Å². The predicted octanol–water partition coefficient (Wildman–Crippen LogP) is 4.16. The zero-order valence-corrected chi connectivity index (χ0v) is 17.1. The maximum Gasteiger partial charge on any atom is 0.290 e.